The third-order valence-corrected chi connectivity index (χ3v) is 13.2. The first kappa shape index (κ1) is 41.6. The molecule has 1 aliphatic heterocycles. The minimum atomic E-state index is -4.12. The van der Waals surface area contributed by atoms with Crippen molar-refractivity contribution in [2.75, 3.05) is 72.4 Å². The van der Waals surface area contributed by atoms with Crippen LogP contribution in [0.3, 0.4) is 0 Å². The third kappa shape index (κ3) is 10.4. The van der Waals surface area contributed by atoms with Gasteiger partial charge in [0.05, 0.1) is 21.6 Å². The fourth-order valence-electron chi connectivity index (χ4n) is 7.20. The summed E-state index contributed by atoms with van der Waals surface area (Å²) in [6.45, 7) is 3.98. The number of rotatable bonds is 16. The second-order valence-electron chi connectivity index (χ2n) is 14.8. The van der Waals surface area contributed by atoms with Gasteiger partial charge in [-0.3, -0.25) is 14.8 Å². The molecule has 2 heterocycles. The molecule has 0 spiro atoms. The Kier molecular flexibility index (Phi) is 13.1. The van der Waals surface area contributed by atoms with Crippen LogP contribution < -0.4 is 24.5 Å². The summed E-state index contributed by atoms with van der Waals surface area (Å²) in [4.78, 5) is 19.3. The molecule has 6 aromatic rings. The highest BCUT2D eigenvalue weighted by molar-refractivity contribution is 7.99. The molecule has 0 bridgehead atoms. The SMILES string of the molecule is CN(C)CC[C@H](CSc1ccccc1)Nc1ccc(S(=O)(=O)Nc2ccc(N3CCN(c4cccc(-c5c[nH][n+](C)c5-c5ccc(Cl)cc5)c4)CC3)cc2)cc1[N+](=O)[O-]. The zero-order valence-electron chi connectivity index (χ0n) is 33.2. The predicted octanol–water partition coefficient (Wildman–Crippen LogP) is 8.39. The van der Waals surface area contributed by atoms with Gasteiger partial charge in [-0.15, -0.1) is 16.4 Å². The van der Waals surface area contributed by atoms with Gasteiger partial charge in [0.15, 0.2) is 7.05 Å². The first-order chi connectivity index (χ1) is 28.4. The summed E-state index contributed by atoms with van der Waals surface area (Å²) >= 11 is 7.83. The average molecular weight is 853 g/mol. The van der Waals surface area contributed by atoms with E-state index >= 15 is 0 Å². The molecule has 7 rings (SSSR count). The number of H-pyrrole nitrogens is 1. The van der Waals surface area contributed by atoms with E-state index in [0.717, 1.165) is 83.9 Å². The van der Waals surface area contributed by atoms with Crippen LogP contribution in [0.25, 0.3) is 22.4 Å². The molecule has 0 saturated carbocycles. The van der Waals surface area contributed by atoms with Crippen LogP contribution in [0.2, 0.25) is 5.02 Å². The molecule has 1 atom stereocenters. The molecular weight excluding hydrogens is 804 g/mol. The van der Waals surface area contributed by atoms with Crippen molar-refractivity contribution in [1.82, 2.24) is 10.00 Å². The Morgan fingerprint density at radius 2 is 1.56 bits per heavy atom. The van der Waals surface area contributed by atoms with Crippen LogP contribution in [0.5, 0.6) is 0 Å². The smallest absolute Gasteiger partial charge is 0.293 e. The molecule has 0 aliphatic carbocycles. The lowest BCUT2D eigenvalue weighted by molar-refractivity contribution is -0.716. The summed E-state index contributed by atoms with van der Waals surface area (Å²) < 4.78 is 31.7. The largest absolute Gasteiger partial charge is 0.376 e. The predicted molar refractivity (Wildman–Crippen MR) is 240 cm³/mol. The molecule has 5 aromatic carbocycles. The maximum absolute atomic E-state index is 13.5. The molecule has 12 nitrogen and oxygen atoms in total. The van der Waals surface area contributed by atoms with Gasteiger partial charge in [-0.1, -0.05) is 41.9 Å². The number of aromatic amines is 1. The third-order valence-electron chi connectivity index (χ3n) is 10.4. The molecule has 1 aliphatic rings. The molecule has 0 unspecified atom stereocenters. The van der Waals surface area contributed by atoms with Gasteiger partial charge in [0.2, 0.25) is 5.69 Å². The number of halogens is 1. The van der Waals surface area contributed by atoms with E-state index in [2.05, 4.69) is 54.1 Å². The monoisotopic (exact) mass is 851 g/mol. The van der Waals surface area contributed by atoms with Gasteiger partial charge in [0, 0.05) is 76.6 Å². The fraction of sp³-hybridized carbons (Fsp3) is 0.250. The summed E-state index contributed by atoms with van der Waals surface area (Å²) in [5.41, 5.74) is 6.85. The number of thioether (sulfide) groups is 1. The lowest BCUT2D eigenvalue weighted by Crippen LogP contribution is -2.46. The average Bonchev–Trinajstić information content (AvgIpc) is 3.63. The number of anilines is 4. The number of benzene rings is 5. The highest BCUT2D eigenvalue weighted by atomic mass is 35.5. The Hall–Kier alpha value is -5.54. The van der Waals surface area contributed by atoms with Gasteiger partial charge in [0.1, 0.15) is 5.69 Å². The van der Waals surface area contributed by atoms with Crippen molar-refractivity contribution in [2.24, 2.45) is 7.05 Å². The maximum atomic E-state index is 13.5. The number of nitro groups is 1. The first-order valence-electron chi connectivity index (χ1n) is 19.4. The number of nitro benzene ring substituents is 1. The second kappa shape index (κ2) is 18.6. The highest BCUT2D eigenvalue weighted by Crippen LogP contribution is 2.34. The second-order valence-corrected chi connectivity index (χ2v) is 18.0. The van der Waals surface area contributed by atoms with Gasteiger partial charge in [-0.05, 0) is 118 Å². The topological polar surface area (TPSA) is 131 Å². The lowest BCUT2D eigenvalue weighted by atomic mass is 10.0. The number of hydrogen-bond donors (Lipinski definition) is 3. The quantitative estimate of drug-likeness (QED) is 0.0381. The Morgan fingerprint density at radius 1 is 0.864 bits per heavy atom. The van der Waals surface area contributed by atoms with Crippen LogP contribution in [-0.4, -0.2) is 82.0 Å². The normalized spacial score (nSPS) is 13.7. The molecular formula is C44H48ClN8O4S2+. The summed E-state index contributed by atoms with van der Waals surface area (Å²) in [6, 6.07) is 37.6. The zero-order chi connectivity index (χ0) is 41.5. The zero-order valence-corrected chi connectivity index (χ0v) is 35.6. The maximum Gasteiger partial charge on any atom is 0.293 e. The number of aryl methyl sites for hydroxylation is 1. The first-order valence-corrected chi connectivity index (χ1v) is 22.2. The van der Waals surface area contributed by atoms with Gasteiger partial charge in [0.25, 0.3) is 15.7 Å². The number of piperazine rings is 1. The van der Waals surface area contributed by atoms with Gasteiger partial charge < -0.3 is 20.0 Å². The van der Waals surface area contributed by atoms with Crippen molar-refractivity contribution < 1.29 is 18.0 Å². The Morgan fingerprint density at radius 3 is 2.24 bits per heavy atom. The van der Waals surface area contributed by atoms with Crippen LogP contribution in [0.15, 0.2) is 137 Å². The van der Waals surface area contributed by atoms with Crippen molar-refractivity contribution in [3.05, 3.63) is 143 Å². The molecule has 1 aromatic heterocycles. The Balaban J connectivity index is 0.980. The number of hydrogen-bond acceptors (Lipinski definition) is 9. The van der Waals surface area contributed by atoms with Crippen LogP contribution in [0, 0.1) is 10.1 Å². The summed E-state index contributed by atoms with van der Waals surface area (Å²) in [7, 11) is 1.84. The molecule has 1 saturated heterocycles. The standard InChI is InChI=1S/C44H47ClN8O4S2/c1-49(2)23-22-36(31-58-39-10-5-4-6-11-39)47-42-21-20-40(29-43(42)53(54)55)59(56,57)48-35-16-18-37(19-17-35)51-24-26-52(27-25-51)38-9-7-8-33(28-38)41-30-46-50(3)44(41)32-12-14-34(45)15-13-32/h4-21,28-30,36,47-48H,22-27,31H2,1-3H3/p+1/t36-/m1/s1. The summed E-state index contributed by atoms with van der Waals surface area (Å²) in [5, 5.41) is 19.6. The molecule has 59 heavy (non-hydrogen) atoms. The van der Waals surface area contributed by atoms with E-state index in [4.69, 9.17) is 11.6 Å². The molecule has 306 valence electrons. The minimum absolute atomic E-state index is 0.0945. The highest BCUT2D eigenvalue weighted by Gasteiger charge is 2.25. The number of sulfonamides is 1. The molecule has 0 radical (unpaired) electrons. The molecule has 0 amide bonds. The van der Waals surface area contributed by atoms with Crippen LogP contribution >= 0.6 is 23.4 Å². The lowest BCUT2D eigenvalue weighted by Gasteiger charge is -2.37. The van der Waals surface area contributed by atoms with E-state index in [-0.39, 0.29) is 22.3 Å². The minimum Gasteiger partial charge on any atom is -0.376 e. The van der Waals surface area contributed by atoms with Crippen molar-refractivity contribution in [2.45, 2.75) is 22.3 Å². The molecule has 15 heteroatoms. The van der Waals surface area contributed by atoms with Gasteiger partial charge >= 0.3 is 0 Å². The van der Waals surface area contributed by atoms with Crippen LogP contribution in [0.4, 0.5) is 28.4 Å². The van der Waals surface area contributed by atoms with Gasteiger partial charge in [-0.2, -0.15) is 5.10 Å². The molecule has 1 fully saturated rings. The molecule has 3 N–H and O–H groups in total. The van der Waals surface area contributed by atoms with E-state index in [1.807, 2.05) is 98.8 Å². The Labute approximate surface area is 355 Å². The van der Waals surface area contributed by atoms with E-state index in [1.165, 1.54) is 12.1 Å². The van der Waals surface area contributed by atoms with Crippen LogP contribution in [-0.2, 0) is 17.1 Å². The van der Waals surface area contributed by atoms with Gasteiger partial charge in [-0.25, -0.2) is 8.42 Å². The number of nitrogens with zero attached hydrogens (tertiary/aromatic N) is 5. The van der Waals surface area contributed by atoms with Crippen molar-refractivity contribution in [3.63, 3.8) is 0 Å². The van der Waals surface area contributed by atoms with E-state index in [9.17, 15) is 18.5 Å². The van der Waals surface area contributed by atoms with Crippen LogP contribution in [0.1, 0.15) is 6.42 Å². The summed E-state index contributed by atoms with van der Waals surface area (Å²) in [6.07, 6.45) is 2.77. The summed E-state index contributed by atoms with van der Waals surface area (Å²) in [5.74, 6) is 0.678. The Bertz CT molecular complexity index is 2480. The fourth-order valence-corrected chi connectivity index (χ4v) is 9.39. The number of nitrogens with one attached hydrogen (secondary N) is 3. The van der Waals surface area contributed by atoms with E-state index in [0.29, 0.717) is 16.5 Å². The number of aromatic nitrogens is 2. The van der Waals surface area contributed by atoms with Crippen molar-refractivity contribution in [3.8, 4) is 22.4 Å². The van der Waals surface area contributed by atoms with E-state index < -0.39 is 14.9 Å². The van der Waals surface area contributed by atoms with Crippen molar-refractivity contribution >= 4 is 61.8 Å². The van der Waals surface area contributed by atoms with E-state index in [1.54, 1.807) is 23.9 Å². The van der Waals surface area contributed by atoms with Crippen molar-refractivity contribution in [1.29, 1.82) is 0 Å².